The number of para-hydroxylation sites is 3. The zero-order valence-corrected chi connectivity index (χ0v) is 20.6. The molecule has 0 unspecified atom stereocenters. The first kappa shape index (κ1) is 24.8. The molecule has 0 spiro atoms. The van der Waals surface area contributed by atoms with Crippen LogP contribution in [-0.4, -0.2) is 37.0 Å². The van der Waals surface area contributed by atoms with Crippen LogP contribution in [0.25, 0.3) is 0 Å². The van der Waals surface area contributed by atoms with Crippen LogP contribution in [0.1, 0.15) is 19.8 Å². The Morgan fingerprint density at radius 2 is 1.69 bits per heavy atom. The predicted molar refractivity (Wildman–Crippen MR) is 136 cm³/mol. The number of phenols is 1. The van der Waals surface area contributed by atoms with Gasteiger partial charge in [0.25, 0.3) is 0 Å². The highest BCUT2D eigenvalue weighted by molar-refractivity contribution is 7.89. The standard InChI is InChI=1S/C25H26ClN3O5S/c1-2-29(16-17-12-13-17)35(32,33)24-19(26)14-15-21(23(24)30)28-25(31)27-20-10-6-7-11-22(20)34-18-8-4-3-5-9-18/h3-11,14-15,17,30H,2,12-13,16H2,1H3,(H2,27,28,31). The highest BCUT2D eigenvalue weighted by Crippen LogP contribution is 2.40. The van der Waals surface area contributed by atoms with Crippen LogP contribution in [0.3, 0.4) is 0 Å². The number of rotatable bonds is 9. The first-order chi connectivity index (χ1) is 16.8. The van der Waals surface area contributed by atoms with Gasteiger partial charge in [-0.1, -0.05) is 48.9 Å². The Labute approximate surface area is 209 Å². The van der Waals surface area contributed by atoms with Crippen molar-refractivity contribution in [1.29, 1.82) is 0 Å². The normalized spacial score (nSPS) is 13.5. The van der Waals surface area contributed by atoms with Crippen molar-refractivity contribution in [3.8, 4) is 17.2 Å². The number of anilines is 2. The van der Waals surface area contributed by atoms with E-state index < -0.39 is 26.7 Å². The van der Waals surface area contributed by atoms with Crippen molar-refractivity contribution < 1.29 is 23.1 Å². The summed E-state index contributed by atoms with van der Waals surface area (Å²) < 4.78 is 33.6. The van der Waals surface area contributed by atoms with E-state index in [9.17, 15) is 18.3 Å². The Morgan fingerprint density at radius 1 is 1.03 bits per heavy atom. The summed E-state index contributed by atoms with van der Waals surface area (Å²) in [5.74, 6) is 0.710. The SMILES string of the molecule is CCN(CC1CC1)S(=O)(=O)c1c(Cl)ccc(NC(=O)Nc2ccccc2Oc2ccccc2)c1O. The smallest absolute Gasteiger partial charge is 0.323 e. The Morgan fingerprint density at radius 3 is 2.37 bits per heavy atom. The van der Waals surface area contributed by atoms with Gasteiger partial charge < -0.3 is 20.5 Å². The van der Waals surface area contributed by atoms with Gasteiger partial charge in [0.05, 0.1) is 16.4 Å². The molecule has 1 fully saturated rings. The summed E-state index contributed by atoms with van der Waals surface area (Å²) in [7, 11) is -4.07. The minimum absolute atomic E-state index is 0.0885. The number of hydrogen-bond donors (Lipinski definition) is 3. The second kappa shape index (κ2) is 10.6. The summed E-state index contributed by atoms with van der Waals surface area (Å²) in [6.45, 7) is 2.34. The van der Waals surface area contributed by atoms with Gasteiger partial charge in [0.1, 0.15) is 10.6 Å². The Kier molecular flexibility index (Phi) is 7.49. The van der Waals surface area contributed by atoms with Gasteiger partial charge in [-0.2, -0.15) is 4.31 Å². The maximum atomic E-state index is 13.3. The zero-order chi connectivity index (χ0) is 25.0. The number of ether oxygens (including phenoxy) is 1. The van der Waals surface area contributed by atoms with E-state index in [1.165, 1.54) is 16.4 Å². The van der Waals surface area contributed by atoms with Crippen molar-refractivity contribution >= 4 is 39.0 Å². The lowest BCUT2D eigenvalue weighted by molar-refractivity contribution is 0.262. The number of halogens is 1. The largest absolute Gasteiger partial charge is 0.504 e. The van der Waals surface area contributed by atoms with Crippen molar-refractivity contribution in [2.24, 2.45) is 5.92 Å². The number of nitrogens with zero attached hydrogens (tertiary/aromatic N) is 1. The maximum absolute atomic E-state index is 13.3. The summed E-state index contributed by atoms with van der Waals surface area (Å²) in [5, 5.41) is 15.9. The highest BCUT2D eigenvalue weighted by Gasteiger charge is 2.34. The third-order valence-corrected chi connectivity index (χ3v) is 7.99. The van der Waals surface area contributed by atoms with Gasteiger partial charge in [0, 0.05) is 13.1 Å². The molecule has 0 atom stereocenters. The summed E-state index contributed by atoms with van der Waals surface area (Å²) in [6, 6.07) is 17.9. The van der Waals surface area contributed by atoms with Gasteiger partial charge in [-0.05, 0) is 55.2 Å². The second-order valence-corrected chi connectivity index (χ2v) is 10.4. The molecular weight excluding hydrogens is 490 g/mol. The predicted octanol–water partition coefficient (Wildman–Crippen LogP) is 5.90. The minimum Gasteiger partial charge on any atom is -0.504 e. The molecule has 1 aliphatic carbocycles. The van der Waals surface area contributed by atoms with E-state index in [-0.39, 0.29) is 17.3 Å². The van der Waals surface area contributed by atoms with E-state index >= 15 is 0 Å². The molecule has 0 saturated heterocycles. The first-order valence-corrected chi connectivity index (χ1v) is 13.0. The number of aromatic hydroxyl groups is 1. The number of benzene rings is 3. The quantitative estimate of drug-likeness (QED) is 0.307. The molecular formula is C25H26ClN3O5S. The fourth-order valence-corrected chi connectivity index (χ4v) is 5.68. The molecule has 35 heavy (non-hydrogen) atoms. The molecule has 0 bridgehead atoms. The third kappa shape index (κ3) is 5.87. The number of amides is 2. The van der Waals surface area contributed by atoms with Crippen LogP contribution in [0.2, 0.25) is 5.02 Å². The van der Waals surface area contributed by atoms with E-state index in [0.717, 1.165) is 12.8 Å². The molecule has 0 aliphatic heterocycles. The topological polar surface area (TPSA) is 108 Å². The number of carbonyl (C=O) groups excluding carboxylic acids is 1. The summed E-state index contributed by atoms with van der Waals surface area (Å²) in [5.41, 5.74) is 0.297. The van der Waals surface area contributed by atoms with Gasteiger partial charge in [-0.3, -0.25) is 0 Å². The Balaban J connectivity index is 1.54. The molecule has 3 aromatic rings. The van der Waals surface area contributed by atoms with E-state index in [1.54, 1.807) is 43.3 Å². The molecule has 10 heteroatoms. The molecule has 8 nitrogen and oxygen atoms in total. The Bertz CT molecular complexity index is 1310. The lowest BCUT2D eigenvalue weighted by atomic mass is 10.2. The maximum Gasteiger partial charge on any atom is 0.323 e. The molecule has 0 radical (unpaired) electrons. The lowest BCUT2D eigenvalue weighted by Gasteiger charge is -2.22. The van der Waals surface area contributed by atoms with Gasteiger partial charge in [-0.15, -0.1) is 0 Å². The second-order valence-electron chi connectivity index (χ2n) is 8.16. The minimum atomic E-state index is -4.07. The molecule has 2 amide bonds. The van der Waals surface area contributed by atoms with Crippen molar-refractivity contribution in [1.82, 2.24) is 4.31 Å². The third-order valence-electron chi connectivity index (χ3n) is 5.55. The van der Waals surface area contributed by atoms with Crippen molar-refractivity contribution in [2.45, 2.75) is 24.7 Å². The van der Waals surface area contributed by atoms with Crippen LogP contribution in [-0.2, 0) is 10.0 Å². The van der Waals surface area contributed by atoms with Gasteiger partial charge in [0.2, 0.25) is 10.0 Å². The molecule has 1 aliphatic rings. The number of carbonyl (C=O) groups is 1. The summed E-state index contributed by atoms with van der Waals surface area (Å²) >= 11 is 6.19. The number of phenolic OH excluding ortho intramolecular Hbond substituents is 1. The molecule has 0 aromatic heterocycles. The molecule has 4 rings (SSSR count). The fraction of sp³-hybridized carbons (Fsp3) is 0.240. The van der Waals surface area contributed by atoms with Crippen molar-refractivity contribution in [3.63, 3.8) is 0 Å². The van der Waals surface area contributed by atoms with Gasteiger partial charge in [0.15, 0.2) is 11.5 Å². The first-order valence-electron chi connectivity index (χ1n) is 11.2. The summed E-state index contributed by atoms with van der Waals surface area (Å²) in [4.78, 5) is 12.3. The monoisotopic (exact) mass is 515 g/mol. The number of hydrogen-bond acceptors (Lipinski definition) is 5. The molecule has 3 N–H and O–H groups in total. The zero-order valence-electron chi connectivity index (χ0n) is 19.1. The number of sulfonamides is 1. The molecule has 0 heterocycles. The van der Waals surface area contributed by atoms with Crippen LogP contribution in [0.15, 0.2) is 71.6 Å². The van der Waals surface area contributed by atoms with Gasteiger partial charge in [-0.25, -0.2) is 13.2 Å². The van der Waals surface area contributed by atoms with E-state index in [1.807, 2.05) is 18.2 Å². The van der Waals surface area contributed by atoms with Crippen molar-refractivity contribution in [3.05, 3.63) is 71.8 Å². The Hall–Kier alpha value is -3.27. The molecule has 184 valence electrons. The van der Waals surface area contributed by atoms with E-state index in [0.29, 0.717) is 29.6 Å². The van der Waals surface area contributed by atoms with Crippen molar-refractivity contribution in [2.75, 3.05) is 23.7 Å². The van der Waals surface area contributed by atoms with Crippen LogP contribution >= 0.6 is 11.6 Å². The van der Waals surface area contributed by atoms with Crippen LogP contribution in [0.5, 0.6) is 17.2 Å². The highest BCUT2D eigenvalue weighted by atomic mass is 35.5. The number of urea groups is 1. The lowest BCUT2D eigenvalue weighted by Crippen LogP contribution is -2.33. The molecule has 1 saturated carbocycles. The van der Waals surface area contributed by atoms with E-state index in [4.69, 9.17) is 16.3 Å². The average Bonchev–Trinajstić information content (AvgIpc) is 3.65. The van der Waals surface area contributed by atoms with E-state index in [2.05, 4.69) is 10.6 Å². The van der Waals surface area contributed by atoms with Gasteiger partial charge >= 0.3 is 6.03 Å². The fourth-order valence-electron chi connectivity index (χ4n) is 3.56. The van der Waals surface area contributed by atoms with Crippen LogP contribution in [0, 0.1) is 5.92 Å². The molecule has 3 aromatic carbocycles. The van der Waals surface area contributed by atoms with Crippen LogP contribution in [0.4, 0.5) is 16.2 Å². The summed E-state index contributed by atoms with van der Waals surface area (Å²) in [6.07, 6.45) is 1.95. The number of nitrogens with one attached hydrogen (secondary N) is 2. The van der Waals surface area contributed by atoms with Crippen LogP contribution < -0.4 is 15.4 Å². The average molecular weight is 516 g/mol.